The highest BCUT2D eigenvalue weighted by atomic mass is 32.1. The quantitative estimate of drug-likeness (QED) is 0.684. The molecule has 4 nitrogen and oxygen atoms in total. The number of rotatable bonds is 3. The van der Waals surface area contributed by atoms with Crippen LogP contribution < -0.4 is 10.5 Å². The number of carbonyl (C=O) groups is 1. The van der Waals surface area contributed by atoms with Gasteiger partial charge in [-0.3, -0.25) is 0 Å². The predicted octanol–water partition coefficient (Wildman–Crippen LogP) is 2.98. The summed E-state index contributed by atoms with van der Waals surface area (Å²) in [4.78, 5) is 12.3. The van der Waals surface area contributed by atoms with E-state index in [4.69, 9.17) is 15.2 Å². The molecule has 96 valence electrons. The van der Waals surface area contributed by atoms with Gasteiger partial charge in [-0.2, -0.15) is 0 Å². The summed E-state index contributed by atoms with van der Waals surface area (Å²) in [5, 5.41) is 0.973. The number of aryl methyl sites for hydroxylation is 1. The van der Waals surface area contributed by atoms with Gasteiger partial charge >= 0.3 is 5.97 Å². The van der Waals surface area contributed by atoms with Crippen LogP contribution in [0.3, 0.4) is 0 Å². The van der Waals surface area contributed by atoms with Crippen molar-refractivity contribution in [2.45, 2.75) is 13.8 Å². The van der Waals surface area contributed by atoms with Crippen molar-refractivity contribution in [3.63, 3.8) is 0 Å². The van der Waals surface area contributed by atoms with Gasteiger partial charge in [0.2, 0.25) is 0 Å². The smallest absolute Gasteiger partial charge is 0.348 e. The van der Waals surface area contributed by atoms with Crippen molar-refractivity contribution in [1.82, 2.24) is 0 Å². The molecule has 0 aliphatic rings. The second-order valence-corrected chi connectivity index (χ2v) is 4.94. The third-order valence-corrected chi connectivity index (χ3v) is 3.86. The van der Waals surface area contributed by atoms with E-state index in [-0.39, 0.29) is 5.97 Å². The number of methoxy groups -OCH3 is 1. The number of anilines is 1. The Balaban J connectivity index is 2.58. The highest BCUT2D eigenvalue weighted by Gasteiger charge is 2.15. The van der Waals surface area contributed by atoms with E-state index in [9.17, 15) is 4.79 Å². The van der Waals surface area contributed by atoms with Gasteiger partial charge in [-0.25, -0.2) is 4.79 Å². The Labute approximate surface area is 109 Å². The fourth-order valence-corrected chi connectivity index (χ4v) is 2.85. The molecule has 2 rings (SSSR count). The average Bonchev–Trinajstić information content (AvgIpc) is 2.78. The molecular formula is C13H15NO3S. The lowest BCUT2D eigenvalue weighted by atomic mass is 10.1. The molecule has 2 aromatic rings. The molecule has 0 amide bonds. The minimum absolute atomic E-state index is 0.296. The van der Waals surface area contributed by atoms with Crippen LogP contribution in [-0.4, -0.2) is 19.7 Å². The first-order valence-electron chi connectivity index (χ1n) is 5.62. The molecule has 0 aliphatic heterocycles. The van der Waals surface area contributed by atoms with Crippen molar-refractivity contribution in [2.75, 3.05) is 19.5 Å². The fourth-order valence-electron chi connectivity index (χ4n) is 1.80. The van der Waals surface area contributed by atoms with E-state index in [1.807, 2.05) is 19.1 Å². The molecule has 0 unspecified atom stereocenters. The van der Waals surface area contributed by atoms with Gasteiger partial charge in [0.1, 0.15) is 10.6 Å². The summed E-state index contributed by atoms with van der Waals surface area (Å²) in [6, 6.07) is 3.67. The number of benzene rings is 1. The van der Waals surface area contributed by atoms with Gasteiger partial charge in [0.05, 0.1) is 19.4 Å². The van der Waals surface area contributed by atoms with E-state index in [2.05, 4.69) is 0 Å². The summed E-state index contributed by atoms with van der Waals surface area (Å²) in [5.74, 6) is 0.341. The molecule has 0 spiro atoms. The van der Waals surface area contributed by atoms with E-state index in [0.29, 0.717) is 22.9 Å². The van der Waals surface area contributed by atoms with Crippen LogP contribution in [0, 0.1) is 6.92 Å². The Bertz CT molecular complexity index is 604. The summed E-state index contributed by atoms with van der Waals surface area (Å²) in [7, 11) is 1.58. The second-order valence-electron chi connectivity index (χ2n) is 3.86. The van der Waals surface area contributed by atoms with Gasteiger partial charge in [0, 0.05) is 10.8 Å². The molecule has 1 aromatic carbocycles. The largest absolute Gasteiger partial charge is 0.495 e. The molecule has 0 radical (unpaired) electrons. The first-order valence-corrected chi connectivity index (χ1v) is 6.43. The third-order valence-electron chi connectivity index (χ3n) is 2.79. The topological polar surface area (TPSA) is 61.5 Å². The SMILES string of the molecule is CCOC(=O)c1cc2c(C)c(N)c(OC)cc2s1. The lowest BCUT2D eigenvalue weighted by molar-refractivity contribution is 0.0532. The molecule has 1 aromatic heterocycles. The molecule has 0 aliphatic carbocycles. The maximum atomic E-state index is 11.7. The van der Waals surface area contributed by atoms with Crippen LogP contribution in [0.2, 0.25) is 0 Å². The van der Waals surface area contributed by atoms with E-state index in [1.165, 1.54) is 11.3 Å². The van der Waals surface area contributed by atoms with Gasteiger partial charge in [-0.15, -0.1) is 11.3 Å². The summed E-state index contributed by atoms with van der Waals surface area (Å²) in [6.45, 7) is 4.08. The van der Waals surface area contributed by atoms with Gasteiger partial charge in [0.15, 0.2) is 0 Å². The van der Waals surface area contributed by atoms with Crippen molar-refractivity contribution in [3.8, 4) is 5.75 Å². The van der Waals surface area contributed by atoms with Crippen molar-refractivity contribution >= 4 is 33.1 Å². The van der Waals surface area contributed by atoms with E-state index in [1.54, 1.807) is 14.0 Å². The molecule has 18 heavy (non-hydrogen) atoms. The van der Waals surface area contributed by atoms with Gasteiger partial charge < -0.3 is 15.2 Å². The molecule has 0 fully saturated rings. The van der Waals surface area contributed by atoms with Crippen LogP contribution in [0.4, 0.5) is 5.69 Å². The summed E-state index contributed by atoms with van der Waals surface area (Å²) >= 11 is 1.39. The zero-order chi connectivity index (χ0) is 13.3. The minimum atomic E-state index is -0.296. The number of carbonyl (C=O) groups excluding carboxylic acids is 1. The van der Waals surface area contributed by atoms with Crippen molar-refractivity contribution < 1.29 is 14.3 Å². The maximum absolute atomic E-state index is 11.7. The molecule has 5 heteroatoms. The number of nitrogens with two attached hydrogens (primary N) is 1. The van der Waals surface area contributed by atoms with Crippen LogP contribution in [0.1, 0.15) is 22.2 Å². The summed E-state index contributed by atoms with van der Waals surface area (Å²) in [6.07, 6.45) is 0. The summed E-state index contributed by atoms with van der Waals surface area (Å²) in [5.41, 5.74) is 7.50. The standard InChI is InChI=1S/C13H15NO3S/c1-4-17-13(15)11-5-8-7(2)12(14)9(16-3)6-10(8)18-11/h5-6H,4,14H2,1-3H3. The Morgan fingerprint density at radius 3 is 2.78 bits per heavy atom. The highest BCUT2D eigenvalue weighted by molar-refractivity contribution is 7.20. The Morgan fingerprint density at radius 1 is 1.44 bits per heavy atom. The summed E-state index contributed by atoms with van der Waals surface area (Å²) < 4.78 is 11.2. The normalized spacial score (nSPS) is 10.6. The van der Waals surface area contributed by atoms with Gasteiger partial charge in [-0.1, -0.05) is 0 Å². The highest BCUT2D eigenvalue weighted by Crippen LogP contribution is 2.37. The molecule has 0 atom stereocenters. The zero-order valence-electron chi connectivity index (χ0n) is 10.6. The van der Waals surface area contributed by atoms with Crippen LogP contribution in [0.25, 0.3) is 10.1 Å². The first kappa shape index (κ1) is 12.7. The number of fused-ring (bicyclic) bond motifs is 1. The van der Waals surface area contributed by atoms with Crippen LogP contribution in [0.15, 0.2) is 12.1 Å². The Kier molecular flexibility index (Phi) is 3.43. The Hall–Kier alpha value is -1.75. The number of ether oxygens (including phenoxy) is 2. The molecule has 0 saturated carbocycles. The van der Waals surface area contributed by atoms with E-state index in [0.717, 1.165) is 15.6 Å². The van der Waals surface area contributed by atoms with Gasteiger partial charge in [-0.05, 0) is 30.9 Å². The predicted molar refractivity (Wildman–Crippen MR) is 73.5 cm³/mol. The van der Waals surface area contributed by atoms with E-state index >= 15 is 0 Å². The number of hydrogen-bond acceptors (Lipinski definition) is 5. The zero-order valence-corrected chi connectivity index (χ0v) is 11.4. The molecule has 0 saturated heterocycles. The van der Waals surface area contributed by atoms with E-state index < -0.39 is 0 Å². The first-order chi connectivity index (χ1) is 8.58. The van der Waals surface area contributed by atoms with Crippen molar-refractivity contribution in [1.29, 1.82) is 0 Å². The second kappa shape index (κ2) is 4.86. The fraction of sp³-hybridized carbons (Fsp3) is 0.308. The molecule has 1 heterocycles. The molecule has 0 bridgehead atoms. The molecule has 2 N–H and O–H groups in total. The van der Waals surface area contributed by atoms with Crippen molar-refractivity contribution in [2.24, 2.45) is 0 Å². The van der Waals surface area contributed by atoms with Crippen molar-refractivity contribution in [3.05, 3.63) is 22.6 Å². The monoisotopic (exact) mass is 265 g/mol. The number of nitrogen functional groups attached to an aromatic ring is 1. The van der Waals surface area contributed by atoms with Gasteiger partial charge in [0.25, 0.3) is 0 Å². The lowest BCUT2D eigenvalue weighted by Crippen LogP contribution is -2.01. The Morgan fingerprint density at radius 2 is 2.17 bits per heavy atom. The number of hydrogen-bond donors (Lipinski definition) is 1. The average molecular weight is 265 g/mol. The minimum Gasteiger partial charge on any atom is -0.495 e. The van der Waals surface area contributed by atoms with Crippen LogP contribution >= 0.6 is 11.3 Å². The maximum Gasteiger partial charge on any atom is 0.348 e. The third kappa shape index (κ3) is 2.01. The number of thiophene rings is 1. The lowest BCUT2D eigenvalue weighted by Gasteiger charge is -2.07. The van der Waals surface area contributed by atoms with Crippen LogP contribution in [-0.2, 0) is 4.74 Å². The molecular weight excluding hydrogens is 250 g/mol. The number of esters is 1. The van der Waals surface area contributed by atoms with Crippen LogP contribution in [0.5, 0.6) is 5.75 Å².